The van der Waals surface area contributed by atoms with Gasteiger partial charge in [0.1, 0.15) is 14.6 Å². The number of aromatic nitrogens is 1. The predicted molar refractivity (Wildman–Crippen MR) is 53.0 cm³/mol. The topological polar surface area (TPSA) is 38.9 Å². The van der Waals surface area contributed by atoms with Crippen molar-refractivity contribution in [2.45, 2.75) is 13.1 Å². The summed E-state index contributed by atoms with van der Waals surface area (Å²) in [4.78, 5) is 3.94. The molecule has 1 aromatic rings. The van der Waals surface area contributed by atoms with Gasteiger partial charge in [0.15, 0.2) is 0 Å². The second-order valence-corrected chi connectivity index (χ2v) is 4.97. The number of pyridine rings is 1. The van der Waals surface area contributed by atoms with Gasteiger partial charge in [-0.2, -0.15) is 0 Å². The van der Waals surface area contributed by atoms with Crippen LogP contribution in [0.25, 0.3) is 0 Å². The molecule has 0 saturated heterocycles. The number of nitrogens with zero attached hydrogens (tertiary/aromatic N) is 1. The van der Waals surface area contributed by atoms with Gasteiger partial charge in [-0.1, -0.05) is 19.0 Å². The Bertz CT molecular complexity index is 306. The van der Waals surface area contributed by atoms with Crippen LogP contribution >= 0.6 is 0 Å². The maximum Gasteiger partial charge on any atom is 0.138 e. The van der Waals surface area contributed by atoms with Gasteiger partial charge in [-0.05, 0) is 12.1 Å². The number of nitrogens with two attached hydrogens (primary N) is 1. The summed E-state index contributed by atoms with van der Waals surface area (Å²) in [7, 11) is -0.462. The molecule has 1 heterocycles. The maximum absolute atomic E-state index is 5.43. The van der Waals surface area contributed by atoms with Gasteiger partial charge in [-0.15, -0.1) is 5.54 Å². The first kappa shape index (κ1) is 8.82. The molecule has 0 amide bonds. The summed E-state index contributed by atoms with van der Waals surface area (Å²) in [6.07, 6.45) is 1.70. The smallest absolute Gasteiger partial charge is 0.138 e. The van der Waals surface area contributed by atoms with E-state index < -0.39 is 8.80 Å². The van der Waals surface area contributed by atoms with Crippen molar-refractivity contribution in [1.82, 2.24) is 4.98 Å². The van der Waals surface area contributed by atoms with Gasteiger partial charge >= 0.3 is 0 Å². The largest absolute Gasteiger partial charge is 0.384 e. The van der Waals surface area contributed by atoms with Crippen molar-refractivity contribution in [1.29, 1.82) is 0 Å². The van der Waals surface area contributed by atoms with E-state index in [9.17, 15) is 0 Å². The summed E-state index contributed by atoms with van der Waals surface area (Å²) in [5.74, 6) is 3.59. The van der Waals surface area contributed by atoms with Gasteiger partial charge in [-0.3, -0.25) is 0 Å². The highest BCUT2D eigenvalue weighted by Crippen LogP contribution is 1.98. The van der Waals surface area contributed by atoms with Crippen molar-refractivity contribution >= 4 is 14.6 Å². The summed E-state index contributed by atoms with van der Waals surface area (Å²) in [6.45, 7) is 4.31. The molecule has 0 aliphatic rings. The molecule has 0 unspecified atom stereocenters. The summed E-state index contributed by atoms with van der Waals surface area (Å²) < 4.78 is 0. The van der Waals surface area contributed by atoms with Crippen LogP contribution in [0.1, 0.15) is 5.56 Å². The molecule has 0 aromatic carbocycles. The van der Waals surface area contributed by atoms with Crippen LogP contribution in [0.5, 0.6) is 0 Å². The fourth-order valence-electron chi connectivity index (χ4n) is 0.676. The van der Waals surface area contributed by atoms with E-state index in [0.29, 0.717) is 5.82 Å². The number of anilines is 1. The van der Waals surface area contributed by atoms with Crippen molar-refractivity contribution in [3.8, 4) is 11.5 Å². The Kier molecular flexibility index (Phi) is 2.89. The number of nitrogen functional groups attached to an aromatic ring is 1. The van der Waals surface area contributed by atoms with Gasteiger partial charge in [0, 0.05) is 11.8 Å². The predicted octanol–water partition coefficient (Wildman–Crippen LogP) is 1.31. The zero-order chi connectivity index (χ0) is 8.97. The van der Waals surface area contributed by atoms with E-state index >= 15 is 0 Å². The summed E-state index contributed by atoms with van der Waals surface area (Å²) in [5.41, 5.74) is 9.52. The van der Waals surface area contributed by atoms with Crippen LogP contribution in [0.2, 0.25) is 13.1 Å². The lowest BCUT2D eigenvalue weighted by Crippen LogP contribution is -1.94. The van der Waals surface area contributed by atoms with E-state index in [4.69, 9.17) is 5.73 Å². The third-order valence-electron chi connectivity index (χ3n) is 1.24. The standard InChI is InChI=1S/C9H11N2Si/c1-12(2)6-5-8-3-4-9(10)11-7-8/h3-4,7H,1-2H3,(H2,10,11). The Hall–Kier alpha value is -1.27. The molecular formula is C9H11N2Si. The van der Waals surface area contributed by atoms with Crippen LogP contribution in [0.3, 0.4) is 0 Å². The zero-order valence-corrected chi connectivity index (χ0v) is 8.26. The summed E-state index contributed by atoms with van der Waals surface area (Å²) in [6, 6.07) is 3.65. The molecule has 0 aliphatic carbocycles. The fourth-order valence-corrected chi connectivity index (χ4v) is 1.07. The van der Waals surface area contributed by atoms with Crippen LogP contribution in [0.15, 0.2) is 18.3 Å². The Morgan fingerprint density at radius 3 is 2.67 bits per heavy atom. The van der Waals surface area contributed by atoms with Crippen molar-refractivity contribution in [3.05, 3.63) is 23.9 Å². The van der Waals surface area contributed by atoms with E-state index in [0.717, 1.165) is 5.56 Å². The van der Waals surface area contributed by atoms with Gasteiger partial charge in [0.25, 0.3) is 0 Å². The molecular weight excluding hydrogens is 164 g/mol. The first-order valence-electron chi connectivity index (χ1n) is 3.72. The van der Waals surface area contributed by atoms with Crippen LogP contribution in [-0.4, -0.2) is 13.8 Å². The van der Waals surface area contributed by atoms with Crippen molar-refractivity contribution in [3.63, 3.8) is 0 Å². The Labute approximate surface area is 74.4 Å². The summed E-state index contributed by atoms with van der Waals surface area (Å²) >= 11 is 0. The van der Waals surface area contributed by atoms with Gasteiger partial charge in [0.2, 0.25) is 0 Å². The molecule has 2 nitrogen and oxygen atoms in total. The highest BCUT2D eigenvalue weighted by atomic mass is 28.3. The average Bonchev–Trinajstić information content (AvgIpc) is 2.03. The third kappa shape index (κ3) is 2.77. The minimum absolute atomic E-state index is 0.462. The summed E-state index contributed by atoms with van der Waals surface area (Å²) in [5, 5.41) is 0. The molecule has 0 fully saturated rings. The molecule has 1 radical (unpaired) electrons. The van der Waals surface area contributed by atoms with Crippen LogP contribution in [-0.2, 0) is 0 Å². The van der Waals surface area contributed by atoms with Crippen LogP contribution < -0.4 is 5.73 Å². The minimum atomic E-state index is -0.462. The molecule has 0 aliphatic heterocycles. The number of hydrogen-bond acceptors (Lipinski definition) is 2. The normalized spacial score (nSPS) is 9.25. The van der Waals surface area contributed by atoms with Crippen molar-refractivity contribution < 1.29 is 0 Å². The molecule has 1 aromatic heterocycles. The Morgan fingerprint density at radius 1 is 1.42 bits per heavy atom. The fraction of sp³-hybridized carbons (Fsp3) is 0.222. The Morgan fingerprint density at radius 2 is 2.17 bits per heavy atom. The lowest BCUT2D eigenvalue weighted by Gasteiger charge is -1.91. The maximum atomic E-state index is 5.43. The van der Waals surface area contributed by atoms with E-state index in [2.05, 4.69) is 29.5 Å². The molecule has 0 bridgehead atoms. The average molecular weight is 175 g/mol. The first-order valence-corrected chi connectivity index (χ1v) is 6.22. The van der Waals surface area contributed by atoms with E-state index in [1.807, 2.05) is 6.07 Å². The van der Waals surface area contributed by atoms with Crippen molar-refractivity contribution in [2.24, 2.45) is 0 Å². The van der Waals surface area contributed by atoms with E-state index in [-0.39, 0.29) is 0 Å². The number of hydrogen-bond donors (Lipinski definition) is 1. The molecule has 61 valence electrons. The minimum Gasteiger partial charge on any atom is -0.384 e. The second-order valence-electron chi connectivity index (χ2n) is 2.72. The van der Waals surface area contributed by atoms with Gasteiger partial charge in [0.05, 0.1) is 0 Å². The third-order valence-corrected chi connectivity index (χ3v) is 1.87. The molecule has 3 heteroatoms. The lowest BCUT2D eigenvalue weighted by molar-refractivity contribution is 1.32. The van der Waals surface area contributed by atoms with Crippen LogP contribution in [0.4, 0.5) is 5.82 Å². The molecule has 2 N–H and O–H groups in total. The molecule has 0 saturated carbocycles. The van der Waals surface area contributed by atoms with Crippen molar-refractivity contribution in [2.75, 3.05) is 5.73 Å². The zero-order valence-electron chi connectivity index (χ0n) is 7.26. The quantitative estimate of drug-likeness (QED) is 0.477. The highest BCUT2D eigenvalue weighted by molar-refractivity contribution is 6.64. The second kappa shape index (κ2) is 3.93. The monoisotopic (exact) mass is 175 g/mol. The number of rotatable bonds is 0. The molecule has 1 rings (SSSR count). The SMILES string of the molecule is C[Si](C)C#Cc1ccc(N)nc1. The Balaban J connectivity index is 2.79. The lowest BCUT2D eigenvalue weighted by atomic mass is 10.3. The molecule has 0 atom stereocenters. The highest BCUT2D eigenvalue weighted by Gasteiger charge is 1.89. The van der Waals surface area contributed by atoms with E-state index in [1.54, 1.807) is 12.3 Å². The van der Waals surface area contributed by atoms with Gasteiger partial charge in [-0.25, -0.2) is 4.98 Å². The molecule has 12 heavy (non-hydrogen) atoms. The van der Waals surface area contributed by atoms with Crippen LogP contribution in [0, 0.1) is 11.5 Å². The van der Waals surface area contributed by atoms with Gasteiger partial charge < -0.3 is 5.73 Å². The molecule has 0 spiro atoms. The van der Waals surface area contributed by atoms with E-state index in [1.165, 1.54) is 0 Å². The first-order chi connectivity index (χ1) is 5.68.